The monoisotopic (exact) mass is 347 g/mol. The smallest absolute Gasteiger partial charge is 0.319 e. The van der Waals surface area contributed by atoms with Crippen molar-refractivity contribution in [2.75, 3.05) is 37.8 Å². The van der Waals surface area contributed by atoms with E-state index in [-0.39, 0.29) is 23.9 Å². The Bertz CT molecular complexity index is 626. The van der Waals surface area contributed by atoms with Crippen molar-refractivity contribution in [1.29, 1.82) is 0 Å². The lowest BCUT2D eigenvalue weighted by Crippen LogP contribution is -2.50. The number of thioether (sulfide) groups is 1. The Balaban J connectivity index is 1.71. The molecule has 0 spiro atoms. The molecular formula is C18H25N3O2S. The van der Waals surface area contributed by atoms with Gasteiger partial charge in [0.2, 0.25) is 5.91 Å². The molecule has 130 valence electrons. The van der Waals surface area contributed by atoms with Crippen LogP contribution in [0.1, 0.15) is 19.8 Å². The van der Waals surface area contributed by atoms with Crippen LogP contribution in [0, 0.1) is 5.92 Å². The fourth-order valence-corrected chi connectivity index (χ4v) is 4.49. The fourth-order valence-electron chi connectivity index (χ4n) is 3.43. The topological polar surface area (TPSA) is 43.9 Å². The maximum absolute atomic E-state index is 13.1. The van der Waals surface area contributed by atoms with Crippen LogP contribution in [0.15, 0.2) is 29.2 Å². The summed E-state index contributed by atoms with van der Waals surface area (Å²) in [6.07, 6.45) is 1.49. The molecule has 2 aliphatic rings. The average Bonchev–Trinajstić information content (AvgIpc) is 2.60. The van der Waals surface area contributed by atoms with E-state index in [0.29, 0.717) is 13.1 Å². The largest absolute Gasteiger partial charge is 0.331 e. The van der Waals surface area contributed by atoms with E-state index >= 15 is 0 Å². The maximum atomic E-state index is 13.1. The number of piperidine rings is 1. The summed E-state index contributed by atoms with van der Waals surface area (Å²) in [5.41, 5.74) is 1.04. The highest BCUT2D eigenvalue weighted by atomic mass is 32.2. The average molecular weight is 347 g/mol. The molecule has 2 heterocycles. The Labute approximate surface area is 148 Å². The van der Waals surface area contributed by atoms with Crippen LogP contribution in [-0.2, 0) is 4.79 Å². The third-order valence-electron chi connectivity index (χ3n) is 4.78. The highest BCUT2D eigenvalue weighted by Crippen LogP contribution is 2.38. The molecule has 24 heavy (non-hydrogen) atoms. The van der Waals surface area contributed by atoms with E-state index in [1.165, 1.54) is 4.90 Å². The Kier molecular flexibility index (Phi) is 5.04. The molecule has 1 fully saturated rings. The van der Waals surface area contributed by atoms with Gasteiger partial charge in [-0.15, -0.1) is 11.8 Å². The minimum Gasteiger partial charge on any atom is -0.331 e. The number of hydrogen-bond acceptors (Lipinski definition) is 3. The van der Waals surface area contributed by atoms with Gasteiger partial charge in [0.25, 0.3) is 0 Å². The lowest BCUT2D eigenvalue weighted by Gasteiger charge is -2.39. The van der Waals surface area contributed by atoms with Crippen LogP contribution in [0.25, 0.3) is 0 Å². The summed E-state index contributed by atoms with van der Waals surface area (Å²) in [6.45, 7) is 3.43. The summed E-state index contributed by atoms with van der Waals surface area (Å²) < 4.78 is 0. The number of carbonyl (C=O) groups is 2. The highest BCUT2D eigenvalue weighted by molar-refractivity contribution is 7.99. The van der Waals surface area contributed by atoms with E-state index in [2.05, 4.69) is 13.0 Å². The molecule has 0 N–H and O–H groups in total. The summed E-state index contributed by atoms with van der Waals surface area (Å²) >= 11 is 1.82. The SMILES string of the molecule is C[C@H]1CSc2ccccc2N1C(=O)C1CCN(C(=O)N(C)C)CC1. The van der Waals surface area contributed by atoms with Gasteiger partial charge < -0.3 is 14.7 Å². The number of nitrogens with zero attached hydrogens (tertiary/aromatic N) is 3. The number of anilines is 1. The van der Waals surface area contributed by atoms with Crippen molar-refractivity contribution in [3.8, 4) is 0 Å². The molecule has 0 radical (unpaired) electrons. The van der Waals surface area contributed by atoms with Crippen LogP contribution >= 0.6 is 11.8 Å². The minimum atomic E-state index is 0.00909. The number of carbonyl (C=O) groups excluding carboxylic acids is 2. The zero-order valence-corrected chi connectivity index (χ0v) is 15.4. The quantitative estimate of drug-likeness (QED) is 0.785. The predicted octanol–water partition coefficient (Wildman–Crippen LogP) is 2.91. The maximum Gasteiger partial charge on any atom is 0.319 e. The molecule has 1 atom stereocenters. The van der Waals surface area contributed by atoms with Crippen molar-refractivity contribution in [3.63, 3.8) is 0 Å². The van der Waals surface area contributed by atoms with Gasteiger partial charge in [-0.3, -0.25) is 4.79 Å². The summed E-state index contributed by atoms with van der Waals surface area (Å²) in [6, 6.07) is 8.39. The third-order valence-corrected chi connectivity index (χ3v) is 6.09. The number of para-hydroxylation sites is 1. The predicted molar refractivity (Wildman–Crippen MR) is 97.5 cm³/mol. The van der Waals surface area contributed by atoms with Crippen molar-refractivity contribution in [2.24, 2.45) is 5.92 Å². The number of benzene rings is 1. The van der Waals surface area contributed by atoms with Crippen molar-refractivity contribution in [3.05, 3.63) is 24.3 Å². The van der Waals surface area contributed by atoms with E-state index in [1.807, 2.05) is 39.8 Å². The van der Waals surface area contributed by atoms with Crippen LogP contribution in [0.4, 0.5) is 10.5 Å². The van der Waals surface area contributed by atoms with E-state index in [0.717, 1.165) is 24.3 Å². The molecule has 5 nitrogen and oxygen atoms in total. The first-order valence-electron chi connectivity index (χ1n) is 8.50. The second-order valence-electron chi connectivity index (χ2n) is 6.77. The Morgan fingerprint density at radius 3 is 2.50 bits per heavy atom. The van der Waals surface area contributed by atoms with E-state index in [1.54, 1.807) is 19.0 Å². The van der Waals surface area contributed by atoms with Crippen LogP contribution < -0.4 is 4.90 Å². The fraction of sp³-hybridized carbons (Fsp3) is 0.556. The van der Waals surface area contributed by atoms with Gasteiger partial charge in [0.05, 0.1) is 5.69 Å². The zero-order valence-electron chi connectivity index (χ0n) is 14.6. The Morgan fingerprint density at radius 2 is 1.83 bits per heavy atom. The van der Waals surface area contributed by atoms with Crippen LogP contribution in [-0.4, -0.2) is 60.7 Å². The van der Waals surface area contributed by atoms with E-state index < -0.39 is 0 Å². The second-order valence-corrected chi connectivity index (χ2v) is 7.84. The van der Waals surface area contributed by atoms with Gasteiger partial charge in [0.15, 0.2) is 0 Å². The van der Waals surface area contributed by atoms with Gasteiger partial charge in [-0.1, -0.05) is 12.1 Å². The van der Waals surface area contributed by atoms with Crippen molar-refractivity contribution in [2.45, 2.75) is 30.7 Å². The number of fused-ring (bicyclic) bond motifs is 1. The van der Waals surface area contributed by atoms with Gasteiger partial charge >= 0.3 is 6.03 Å². The van der Waals surface area contributed by atoms with Crippen LogP contribution in [0.3, 0.4) is 0 Å². The number of amides is 3. The molecule has 3 amide bonds. The van der Waals surface area contributed by atoms with Gasteiger partial charge in [-0.2, -0.15) is 0 Å². The third kappa shape index (κ3) is 3.24. The molecule has 0 aliphatic carbocycles. The first-order valence-corrected chi connectivity index (χ1v) is 9.48. The molecule has 2 aliphatic heterocycles. The normalized spacial score (nSPS) is 21.4. The van der Waals surface area contributed by atoms with E-state index in [9.17, 15) is 9.59 Å². The summed E-state index contributed by atoms with van der Waals surface area (Å²) in [5, 5.41) is 0. The van der Waals surface area contributed by atoms with Crippen molar-refractivity contribution in [1.82, 2.24) is 9.80 Å². The zero-order chi connectivity index (χ0) is 17.3. The highest BCUT2D eigenvalue weighted by Gasteiger charge is 2.35. The molecule has 3 rings (SSSR count). The lowest BCUT2D eigenvalue weighted by atomic mass is 9.94. The summed E-state index contributed by atoms with van der Waals surface area (Å²) in [7, 11) is 3.53. The summed E-state index contributed by atoms with van der Waals surface area (Å²) in [5.74, 6) is 1.16. The molecule has 6 heteroatoms. The number of urea groups is 1. The van der Waals surface area contributed by atoms with Crippen molar-refractivity contribution >= 4 is 29.4 Å². The molecule has 1 saturated heterocycles. The second kappa shape index (κ2) is 7.05. The van der Waals surface area contributed by atoms with Crippen molar-refractivity contribution < 1.29 is 9.59 Å². The van der Waals surface area contributed by atoms with E-state index in [4.69, 9.17) is 0 Å². The van der Waals surface area contributed by atoms with Crippen LogP contribution in [0.2, 0.25) is 0 Å². The molecule has 0 unspecified atom stereocenters. The molecule has 1 aromatic carbocycles. The number of rotatable bonds is 1. The Morgan fingerprint density at radius 1 is 1.17 bits per heavy atom. The lowest BCUT2D eigenvalue weighted by molar-refractivity contribution is -0.124. The first kappa shape index (κ1) is 17.1. The molecule has 0 bridgehead atoms. The van der Waals surface area contributed by atoms with Gasteiger partial charge in [0, 0.05) is 49.8 Å². The first-order chi connectivity index (χ1) is 11.5. The minimum absolute atomic E-state index is 0.00909. The molecule has 1 aromatic rings. The number of likely N-dealkylation sites (tertiary alicyclic amines) is 1. The molecule has 0 saturated carbocycles. The molecular weight excluding hydrogens is 322 g/mol. The van der Waals surface area contributed by atoms with Gasteiger partial charge in [0.1, 0.15) is 0 Å². The van der Waals surface area contributed by atoms with Gasteiger partial charge in [-0.25, -0.2) is 4.79 Å². The summed E-state index contributed by atoms with van der Waals surface area (Å²) in [4.78, 5) is 31.8. The molecule has 0 aromatic heterocycles. The Hall–Kier alpha value is -1.69. The number of hydrogen-bond donors (Lipinski definition) is 0. The van der Waals surface area contributed by atoms with Gasteiger partial charge in [-0.05, 0) is 31.9 Å². The van der Waals surface area contributed by atoms with Crippen LogP contribution in [0.5, 0.6) is 0 Å². The standard InChI is InChI=1S/C18H25N3O2S/c1-13-12-24-16-7-5-4-6-15(16)21(13)17(22)14-8-10-20(11-9-14)18(23)19(2)3/h4-7,13-14H,8-12H2,1-3H3/t13-/m0/s1.